The first kappa shape index (κ1) is 29.6. The minimum atomic E-state index is -1.09. The first-order chi connectivity index (χ1) is 16.0. The molecule has 5 heteroatoms. The zero-order valence-corrected chi connectivity index (χ0v) is 21.6. The van der Waals surface area contributed by atoms with E-state index < -0.39 is 5.97 Å². The quantitative estimate of drug-likeness (QED) is 0.116. The van der Waals surface area contributed by atoms with Crippen molar-refractivity contribution in [3.8, 4) is 0 Å². The first-order valence-corrected chi connectivity index (χ1v) is 13.8. The number of nitrogens with zero attached hydrogens (tertiary/aromatic N) is 2. The molecule has 1 heterocycles. The fraction of sp³-hybridized carbons (Fsp3) is 0.786. The average Bonchev–Trinajstić information content (AvgIpc) is 3.18. The molecular formula is C28H51N3O2. The highest BCUT2D eigenvalue weighted by atomic mass is 16.4. The maximum absolute atomic E-state index is 11.2. The summed E-state index contributed by atoms with van der Waals surface area (Å²) >= 11 is 0. The molecule has 190 valence electrons. The van der Waals surface area contributed by atoms with Gasteiger partial charge in [-0.25, -0.2) is 9.48 Å². The highest BCUT2D eigenvalue weighted by Crippen LogP contribution is 2.23. The number of quaternary nitrogens is 1. The summed E-state index contributed by atoms with van der Waals surface area (Å²) in [5.74, 6) is -0.257. The van der Waals surface area contributed by atoms with Crippen molar-refractivity contribution >= 4 is 11.8 Å². The number of aliphatic imine (C=N–C) groups is 1. The summed E-state index contributed by atoms with van der Waals surface area (Å²) in [6.07, 6.45) is 31.0. The Morgan fingerprint density at radius 3 is 1.88 bits per heavy atom. The third-order valence-electron chi connectivity index (χ3n) is 6.82. The summed E-state index contributed by atoms with van der Waals surface area (Å²) < 4.78 is 0.0945. The SMILES string of the molecule is CCCCCCCCCCCCCCC/C=C/CCCCC1=NC=C[N+]1(CC(=O)[O-])C(C)N. The zero-order chi connectivity index (χ0) is 24.2. The number of hydrogen-bond donors (Lipinski definition) is 1. The Morgan fingerprint density at radius 2 is 1.39 bits per heavy atom. The number of carboxylic acid groups (broad SMARTS) is 1. The number of rotatable bonds is 22. The van der Waals surface area contributed by atoms with Crippen LogP contribution in [-0.2, 0) is 4.79 Å². The summed E-state index contributed by atoms with van der Waals surface area (Å²) in [4.78, 5) is 15.6. The molecule has 0 saturated carbocycles. The Labute approximate surface area is 203 Å². The normalized spacial score (nSPS) is 18.8. The van der Waals surface area contributed by atoms with Crippen molar-refractivity contribution in [1.82, 2.24) is 0 Å². The molecule has 0 aromatic rings. The van der Waals surface area contributed by atoms with Crippen molar-refractivity contribution in [1.29, 1.82) is 0 Å². The van der Waals surface area contributed by atoms with Crippen molar-refractivity contribution in [2.24, 2.45) is 10.7 Å². The van der Waals surface area contributed by atoms with Gasteiger partial charge >= 0.3 is 0 Å². The molecule has 0 fully saturated rings. The Balaban J connectivity index is 1.95. The molecule has 0 radical (unpaired) electrons. The predicted octanol–water partition coefficient (Wildman–Crippen LogP) is 6.34. The van der Waals surface area contributed by atoms with E-state index in [1.165, 1.54) is 89.9 Å². The van der Waals surface area contributed by atoms with Crippen molar-refractivity contribution in [3.05, 3.63) is 24.6 Å². The fourth-order valence-corrected chi connectivity index (χ4v) is 4.64. The van der Waals surface area contributed by atoms with Crippen LogP contribution in [0.15, 0.2) is 29.5 Å². The van der Waals surface area contributed by atoms with Gasteiger partial charge in [-0.1, -0.05) is 96.1 Å². The Bertz CT molecular complexity index is 598. The number of hydrogen-bond acceptors (Lipinski definition) is 4. The molecule has 5 nitrogen and oxygen atoms in total. The van der Waals surface area contributed by atoms with Gasteiger partial charge in [0.2, 0.25) is 5.84 Å². The Hall–Kier alpha value is -1.46. The lowest BCUT2D eigenvalue weighted by molar-refractivity contribution is -0.808. The lowest BCUT2D eigenvalue weighted by Crippen LogP contribution is -2.60. The third-order valence-corrected chi connectivity index (χ3v) is 6.82. The highest BCUT2D eigenvalue weighted by Gasteiger charge is 2.38. The number of amidine groups is 1. The summed E-state index contributed by atoms with van der Waals surface area (Å²) in [7, 11) is 0. The molecule has 0 aromatic heterocycles. The van der Waals surface area contributed by atoms with Crippen LogP contribution < -0.4 is 10.8 Å². The predicted molar refractivity (Wildman–Crippen MR) is 138 cm³/mol. The van der Waals surface area contributed by atoms with E-state index in [2.05, 4.69) is 24.1 Å². The van der Waals surface area contributed by atoms with Gasteiger partial charge in [0.05, 0.1) is 12.2 Å². The molecule has 0 spiro atoms. The van der Waals surface area contributed by atoms with E-state index in [1.807, 2.05) is 6.92 Å². The van der Waals surface area contributed by atoms with Crippen molar-refractivity contribution < 1.29 is 14.4 Å². The van der Waals surface area contributed by atoms with E-state index >= 15 is 0 Å². The molecule has 0 aromatic carbocycles. The maximum Gasteiger partial charge on any atom is 0.209 e. The molecule has 2 atom stereocenters. The van der Waals surface area contributed by atoms with Crippen LogP contribution in [0, 0.1) is 0 Å². The van der Waals surface area contributed by atoms with Crippen LogP contribution in [0.5, 0.6) is 0 Å². The second-order valence-electron chi connectivity index (χ2n) is 9.79. The van der Waals surface area contributed by atoms with Crippen molar-refractivity contribution in [2.45, 2.75) is 136 Å². The number of carboxylic acids is 1. The van der Waals surface area contributed by atoms with Gasteiger partial charge in [-0.2, -0.15) is 0 Å². The van der Waals surface area contributed by atoms with E-state index in [9.17, 15) is 9.90 Å². The fourth-order valence-electron chi connectivity index (χ4n) is 4.64. The van der Waals surface area contributed by atoms with Crippen LogP contribution in [0.25, 0.3) is 0 Å². The van der Waals surface area contributed by atoms with Crippen molar-refractivity contribution in [3.63, 3.8) is 0 Å². The number of unbranched alkanes of at least 4 members (excludes halogenated alkanes) is 15. The smallest absolute Gasteiger partial charge is 0.209 e. The number of carbonyl (C=O) groups excluding carboxylic acids is 1. The van der Waals surface area contributed by atoms with Crippen LogP contribution in [0.4, 0.5) is 0 Å². The van der Waals surface area contributed by atoms with E-state index in [0.717, 1.165) is 31.5 Å². The largest absolute Gasteiger partial charge is 0.544 e. The van der Waals surface area contributed by atoms with Gasteiger partial charge in [-0.15, -0.1) is 0 Å². The van der Waals surface area contributed by atoms with Crippen LogP contribution in [-0.4, -0.2) is 29.0 Å². The minimum Gasteiger partial charge on any atom is -0.544 e. The molecule has 1 aliphatic rings. The van der Waals surface area contributed by atoms with E-state index in [4.69, 9.17) is 5.73 Å². The highest BCUT2D eigenvalue weighted by molar-refractivity contribution is 5.81. The van der Waals surface area contributed by atoms with Crippen molar-refractivity contribution in [2.75, 3.05) is 6.54 Å². The van der Waals surface area contributed by atoms with E-state index in [1.54, 1.807) is 12.4 Å². The Morgan fingerprint density at radius 1 is 0.909 bits per heavy atom. The Kier molecular flexibility index (Phi) is 16.9. The molecule has 0 saturated heterocycles. The van der Waals surface area contributed by atoms with E-state index in [-0.39, 0.29) is 17.2 Å². The average molecular weight is 462 g/mol. The lowest BCUT2D eigenvalue weighted by Gasteiger charge is -2.36. The van der Waals surface area contributed by atoms with E-state index in [0.29, 0.717) is 0 Å². The molecule has 0 aliphatic carbocycles. The molecule has 33 heavy (non-hydrogen) atoms. The zero-order valence-electron chi connectivity index (χ0n) is 21.6. The third kappa shape index (κ3) is 13.1. The molecular weight excluding hydrogens is 410 g/mol. The van der Waals surface area contributed by atoms with Gasteiger partial charge in [0.25, 0.3) is 0 Å². The summed E-state index contributed by atoms with van der Waals surface area (Å²) in [6.45, 7) is 3.96. The number of allylic oxidation sites excluding steroid dienone is 2. The molecule has 2 unspecified atom stereocenters. The lowest BCUT2D eigenvalue weighted by atomic mass is 10.0. The molecule has 1 rings (SSSR count). The van der Waals surface area contributed by atoms with Gasteiger partial charge in [-0.05, 0) is 32.1 Å². The topological polar surface area (TPSA) is 78.5 Å². The second kappa shape index (κ2) is 18.9. The monoisotopic (exact) mass is 461 g/mol. The number of nitrogens with two attached hydrogens (primary N) is 1. The van der Waals surface area contributed by atoms with Crippen LogP contribution in [0.3, 0.4) is 0 Å². The van der Waals surface area contributed by atoms with Gasteiger partial charge in [0, 0.05) is 13.3 Å². The standard InChI is InChI=1S/C28H51N3O2/c1-3-4-5-6-7-8-9-10-11-12-13-14-15-16-17-18-19-20-21-22-27-30-23-24-31(27,26(2)29)25-28(32)33/h17-18,23-24,26H,3-16,19-22,25,29H2,1-2H3/b18-17+. The molecule has 1 aliphatic heterocycles. The number of aliphatic carboxylic acids is 1. The van der Waals surface area contributed by atoms with Gasteiger partial charge in [0.15, 0.2) is 0 Å². The number of carbonyl (C=O) groups is 1. The summed E-state index contributed by atoms with van der Waals surface area (Å²) in [5, 5.41) is 11.2. The summed E-state index contributed by atoms with van der Waals surface area (Å²) in [5.41, 5.74) is 6.08. The van der Waals surface area contributed by atoms with Crippen LogP contribution in [0.2, 0.25) is 0 Å². The van der Waals surface area contributed by atoms with Crippen LogP contribution >= 0.6 is 0 Å². The molecule has 0 bridgehead atoms. The second-order valence-corrected chi connectivity index (χ2v) is 9.79. The first-order valence-electron chi connectivity index (χ1n) is 13.8. The maximum atomic E-state index is 11.2. The van der Waals surface area contributed by atoms with Gasteiger partial charge in [0.1, 0.15) is 18.9 Å². The molecule has 0 amide bonds. The molecule has 2 N–H and O–H groups in total. The van der Waals surface area contributed by atoms with Gasteiger partial charge < -0.3 is 9.90 Å². The minimum absolute atomic E-state index is 0.0945. The van der Waals surface area contributed by atoms with Crippen LogP contribution in [0.1, 0.15) is 129 Å². The van der Waals surface area contributed by atoms with Gasteiger partial charge in [-0.3, -0.25) is 5.73 Å². The summed E-state index contributed by atoms with van der Waals surface area (Å²) in [6, 6.07) is 0.